The van der Waals surface area contributed by atoms with Gasteiger partial charge in [0.05, 0.1) is 0 Å². The van der Waals surface area contributed by atoms with Crippen molar-refractivity contribution in [1.29, 1.82) is 0 Å². The molecule has 2 heterocycles. The smallest absolute Gasteiger partial charge is 0.287 e. The number of amides is 1. The van der Waals surface area contributed by atoms with Gasteiger partial charge in [-0.3, -0.25) is 4.79 Å². The molecule has 6 heteroatoms. The lowest BCUT2D eigenvalue weighted by Crippen LogP contribution is -2.24. The maximum absolute atomic E-state index is 12.6. The van der Waals surface area contributed by atoms with Gasteiger partial charge in [0.15, 0.2) is 17.3 Å². The SMILES string of the molecule is Cc1c(C(=O)NCc2cccc3c2OCCO3)oc2ccc(Br)cc12. The van der Waals surface area contributed by atoms with Crippen molar-refractivity contribution in [2.75, 3.05) is 13.2 Å². The van der Waals surface area contributed by atoms with Crippen LogP contribution in [-0.4, -0.2) is 19.1 Å². The Bertz CT molecular complexity index is 963. The van der Waals surface area contributed by atoms with Gasteiger partial charge in [-0.25, -0.2) is 0 Å². The number of para-hydroxylation sites is 1. The average Bonchev–Trinajstić information content (AvgIpc) is 2.96. The molecule has 1 amide bonds. The Labute approximate surface area is 153 Å². The van der Waals surface area contributed by atoms with Gasteiger partial charge in [-0.15, -0.1) is 0 Å². The molecule has 0 bridgehead atoms. The van der Waals surface area contributed by atoms with Gasteiger partial charge in [0.25, 0.3) is 5.91 Å². The number of hydrogen-bond acceptors (Lipinski definition) is 4. The first-order chi connectivity index (χ1) is 12.1. The van der Waals surface area contributed by atoms with E-state index in [1.165, 1.54) is 0 Å². The molecule has 1 aliphatic rings. The second-order valence-electron chi connectivity index (χ2n) is 5.82. The Hall–Kier alpha value is -2.47. The standard InChI is InChI=1S/C19H16BrNO4/c1-11-14-9-13(20)5-6-15(14)25-17(11)19(22)21-10-12-3-2-4-16-18(12)24-8-7-23-16/h2-6,9H,7-8,10H2,1H3,(H,21,22). The van der Waals surface area contributed by atoms with Crippen LogP contribution < -0.4 is 14.8 Å². The van der Waals surface area contributed by atoms with E-state index < -0.39 is 0 Å². The van der Waals surface area contributed by atoms with Gasteiger partial charge in [0.1, 0.15) is 18.8 Å². The van der Waals surface area contributed by atoms with Crippen LogP contribution in [0.2, 0.25) is 0 Å². The molecule has 25 heavy (non-hydrogen) atoms. The lowest BCUT2D eigenvalue weighted by atomic mass is 10.1. The number of furan rings is 1. The van der Waals surface area contributed by atoms with Crippen molar-refractivity contribution < 1.29 is 18.7 Å². The fourth-order valence-corrected chi connectivity index (χ4v) is 3.30. The number of nitrogens with one attached hydrogen (secondary N) is 1. The molecule has 0 atom stereocenters. The van der Waals surface area contributed by atoms with E-state index in [1.807, 2.05) is 43.3 Å². The zero-order valence-corrected chi connectivity index (χ0v) is 15.2. The van der Waals surface area contributed by atoms with E-state index in [9.17, 15) is 4.79 Å². The molecule has 1 aliphatic heterocycles. The fraction of sp³-hybridized carbons (Fsp3) is 0.211. The summed E-state index contributed by atoms with van der Waals surface area (Å²) in [6, 6.07) is 11.3. The van der Waals surface area contributed by atoms with Crippen molar-refractivity contribution in [3.63, 3.8) is 0 Å². The van der Waals surface area contributed by atoms with Crippen molar-refractivity contribution >= 4 is 32.8 Å². The Morgan fingerprint density at radius 2 is 2.04 bits per heavy atom. The normalized spacial score (nSPS) is 13.0. The molecule has 1 N–H and O–H groups in total. The lowest BCUT2D eigenvalue weighted by Gasteiger charge is -2.21. The number of halogens is 1. The Morgan fingerprint density at radius 1 is 1.20 bits per heavy atom. The maximum atomic E-state index is 12.6. The lowest BCUT2D eigenvalue weighted by molar-refractivity contribution is 0.0923. The second-order valence-corrected chi connectivity index (χ2v) is 6.74. The average molecular weight is 402 g/mol. The maximum Gasteiger partial charge on any atom is 0.287 e. The van der Waals surface area contributed by atoms with Crippen LogP contribution in [0, 0.1) is 6.92 Å². The summed E-state index contributed by atoms with van der Waals surface area (Å²) in [5, 5.41) is 3.83. The molecule has 0 saturated heterocycles. The van der Waals surface area contributed by atoms with Crippen LogP contribution in [-0.2, 0) is 6.54 Å². The molecule has 5 nitrogen and oxygen atoms in total. The van der Waals surface area contributed by atoms with Gasteiger partial charge in [-0.2, -0.15) is 0 Å². The number of carbonyl (C=O) groups is 1. The first-order valence-electron chi connectivity index (χ1n) is 7.98. The summed E-state index contributed by atoms with van der Waals surface area (Å²) in [7, 11) is 0. The third kappa shape index (κ3) is 2.98. The number of aryl methyl sites for hydroxylation is 1. The van der Waals surface area contributed by atoms with Crippen LogP contribution in [0.15, 0.2) is 45.3 Å². The first-order valence-corrected chi connectivity index (χ1v) is 8.77. The highest BCUT2D eigenvalue weighted by atomic mass is 79.9. The predicted molar refractivity (Wildman–Crippen MR) is 97.3 cm³/mol. The molecule has 128 valence electrons. The minimum atomic E-state index is -0.251. The summed E-state index contributed by atoms with van der Waals surface area (Å²) in [4.78, 5) is 12.6. The van der Waals surface area contributed by atoms with Crippen molar-refractivity contribution in [1.82, 2.24) is 5.32 Å². The van der Waals surface area contributed by atoms with E-state index in [0.717, 1.165) is 21.0 Å². The molecular formula is C19H16BrNO4. The van der Waals surface area contributed by atoms with Crippen LogP contribution in [0.4, 0.5) is 0 Å². The van der Waals surface area contributed by atoms with Crippen LogP contribution >= 0.6 is 15.9 Å². The van der Waals surface area contributed by atoms with Gasteiger partial charge >= 0.3 is 0 Å². The molecule has 4 rings (SSSR count). The molecule has 0 radical (unpaired) electrons. The zero-order chi connectivity index (χ0) is 17.4. The topological polar surface area (TPSA) is 60.7 Å². The third-order valence-corrected chi connectivity index (χ3v) is 4.68. The van der Waals surface area contributed by atoms with E-state index in [0.29, 0.717) is 42.6 Å². The molecule has 1 aromatic heterocycles. The molecule has 0 unspecified atom stereocenters. The molecule has 0 spiro atoms. The quantitative estimate of drug-likeness (QED) is 0.713. The summed E-state index contributed by atoms with van der Waals surface area (Å²) in [5.41, 5.74) is 2.39. The second kappa shape index (κ2) is 6.44. The number of benzene rings is 2. The fourth-order valence-electron chi connectivity index (χ4n) is 2.94. The van der Waals surface area contributed by atoms with E-state index >= 15 is 0 Å². The first kappa shape index (κ1) is 16.0. The molecule has 3 aromatic rings. The highest BCUT2D eigenvalue weighted by Gasteiger charge is 2.20. The van der Waals surface area contributed by atoms with Crippen LogP contribution in [0.3, 0.4) is 0 Å². The summed E-state index contributed by atoms with van der Waals surface area (Å²) in [6.45, 7) is 3.27. The minimum absolute atomic E-state index is 0.251. The molecule has 2 aromatic carbocycles. The summed E-state index contributed by atoms with van der Waals surface area (Å²) in [6.07, 6.45) is 0. The Balaban J connectivity index is 1.56. The van der Waals surface area contributed by atoms with Crippen LogP contribution in [0.5, 0.6) is 11.5 Å². The highest BCUT2D eigenvalue weighted by molar-refractivity contribution is 9.10. The largest absolute Gasteiger partial charge is 0.486 e. The van der Waals surface area contributed by atoms with Gasteiger partial charge in [0.2, 0.25) is 0 Å². The van der Waals surface area contributed by atoms with E-state index in [2.05, 4.69) is 21.2 Å². The third-order valence-electron chi connectivity index (χ3n) is 4.19. The Kier molecular flexibility index (Phi) is 4.13. The van der Waals surface area contributed by atoms with Gasteiger partial charge < -0.3 is 19.2 Å². The Morgan fingerprint density at radius 3 is 2.92 bits per heavy atom. The van der Waals surface area contributed by atoms with Crippen LogP contribution in [0.25, 0.3) is 11.0 Å². The summed E-state index contributed by atoms with van der Waals surface area (Å²) < 4.78 is 17.9. The summed E-state index contributed by atoms with van der Waals surface area (Å²) >= 11 is 3.44. The number of ether oxygens (including phenoxy) is 2. The van der Waals surface area contributed by atoms with Crippen LogP contribution in [0.1, 0.15) is 21.7 Å². The number of carbonyl (C=O) groups excluding carboxylic acids is 1. The van der Waals surface area contributed by atoms with Crippen molar-refractivity contribution in [2.24, 2.45) is 0 Å². The molecule has 0 fully saturated rings. The van der Waals surface area contributed by atoms with Gasteiger partial charge in [-0.1, -0.05) is 28.1 Å². The molecule has 0 aliphatic carbocycles. The van der Waals surface area contributed by atoms with Gasteiger partial charge in [-0.05, 0) is 31.2 Å². The molecule has 0 saturated carbocycles. The summed E-state index contributed by atoms with van der Waals surface area (Å²) in [5.74, 6) is 1.48. The number of hydrogen-bond donors (Lipinski definition) is 1. The predicted octanol–water partition coefficient (Wildman–Crippen LogP) is 4.20. The number of fused-ring (bicyclic) bond motifs is 2. The van der Waals surface area contributed by atoms with E-state index in [1.54, 1.807) is 0 Å². The van der Waals surface area contributed by atoms with E-state index in [-0.39, 0.29) is 5.91 Å². The molecular weight excluding hydrogens is 386 g/mol. The number of rotatable bonds is 3. The van der Waals surface area contributed by atoms with Crippen molar-refractivity contribution in [3.05, 3.63) is 57.8 Å². The minimum Gasteiger partial charge on any atom is -0.486 e. The zero-order valence-electron chi connectivity index (χ0n) is 13.6. The van der Waals surface area contributed by atoms with Crippen molar-refractivity contribution in [3.8, 4) is 11.5 Å². The van der Waals surface area contributed by atoms with E-state index in [4.69, 9.17) is 13.9 Å². The monoisotopic (exact) mass is 401 g/mol. The van der Waals surface area contributed by atoms with Gasteiger partial charge in [0, 0.05) is 27.5 Å². The highest BCUT2D eigenvalue weighted by Crippen LogP contribution is 2.33. The van der Waals surface area contributed by atoms with Crippen molar-refractivity contribution in [2.45, 2.75) is 13.5 Å².